The van der Waals surface area contributed by atoms with Gasteiger partial charge in [0.25, 0.3) is 5.91 Å². The van der Waals surface area contributed by atoms with Crippen molar-refractivity contribution in [2.75, 3.05) is 18.4 Å². The smallest absolute Gasteiger partial charge is 0.408 e. The van der Waals surface area contributed by atoms with Crippen molar-refractivity contribution < 1.29 is 19.1 Å². The Balaban J connectivity index is 2.39. The number of aryl methyl sites for hydroxylation is 4. The molecule has 184 valence electrons. The largest absolute Gasteiger partial charge is 0.444 e. The SMILES string of the molecule is CCN(C(=O)CNC(=O)OC(C)(C)C)C(C(=O)Nc1c(C)cccc1C)c1cc(C)ccc1C. The third-order valence-electron chi connectivity index (χ3n) is 5.46. The van der Waals surface area contributed by atoms with E-state index in [1.807, 2.05) is 71.0 Å². The number of alkyl carbamates (subject to hydrolysis) is 1. The van der Waals surface area contributed by atoms with Crippen molar-refractivity contribution in [1.82, 2.24) is 10.2 Å². The molecule has 0 saturated carbocycles. The van der Waals surface area contributed by atoms with E-state index in [-0.39, 0.29) is 24.9 Å². The van der Waals surface area contributed by atoms with Crippen molar-refractivity contribution in [1.29, 1.82) is 0 Å². The molecule has 2 N–H and O–H groups in total. The summed E-state index contributed by atoms with van der Waals surface area (Å²) in [6.07, 6.45) is -0.680. The predicted octanol–water partition coefficient (Wildman–Crippen LogP) is 4.97. The minimum atomic E-state index is -0.864. The first kappa shape index (κ1) is 26.9. The fraction of sp³-hybridized carbons (Fsp3) is 0.444. The molecule has 0 aromatic heterocycles. The average molecular weight is 468 g/mol. The number of likely N-dealkylation sites (N-methyl/N-ethyl adjacent to an activating group) is 1. The van der Waals surface area contributed by atoms with Gasteiger partial charge in [-0.3, -0.25) is 9.59 Å². The number of ether oxygens (including phenoxy) is 1. The summed E-state index contributed by atoms with van der Waals surface area (Å²) in [7, 11) is 0. The standard InChI is InChI=1S/C27H37N3O4/c1-9-30(22(31)16-28-26(33)34-27(6,7)8)24(21-15-17(2)13-14-18(21)3)25(32)29-23-19(4)11-10-12-20(23)5/h10-15,24H,9,16H2,1-8H3,(H,28,33)(H,29,32). The van der Waals surface area contributed by atoms with Gasteiger partial charge in [-0.15, -0.1) is 0 Å². The van der Waals surface area contributed by atoms with Gasteiger partial charge in [0.2, 0.25) is 5.91 Å². The third-order valence-corrected chi connectivity index (χ3v) is 5.46. The van der Waals surface area contributed by atoms with Crippen molar-refractivity contribution >= 4 is 23.6 Å². The van der Waals surface area contributed by atoms with Crippen LogP contribution in [0.4, 0.5) is 10.5 Å². The van der Waals surface area contributed by atoms with Crippen molar-refractivity contribution in [3.05, 3.63) is 64.2 Å². The monoisotopic (exact) mass is 467 g/mol. The molecule has 0 aliphatic rings. The fourth-order valence-electron chi connectivity index (χ4n) is 3.77. The maximum Gasteiger partial charge on any atom is 0.408 e. The summed E-state index contributed by atoms with van der Waals surface area (Å²) < 4.78 is 5.23. The quantitative estimate of drug-likeness (QED) is 0.602. The molecule has 3 amide bonds. The van der Waals surface area contributed by atoms with E-state index in [2.05, 4.69) is 10.6 Å². The van der Waals surface area contributed by atoms with Gasteiger partial charge in [-0.2, -0.15) is 0 Å². The highest BCUT2D eigenvalue weighted by Crippen LogP contribution is 2.28. The zero-order chi connectivity index (χ0) is 25.6. The van der Waals surface area contributed by atoms with E-state index in [1.165, 1.54) is 4.90 Å². The van der Waals surface area contributed by atoms with Crippen molar-refractivity contribution in [3.8, 4) is 0 Å². The Morgan fingerprint density at radius 3 is 2.15 bits per heavy atom. The fourth-order valence-corrected chi connectivity index (χ4v) is 3.77. The Morgan fingerprint density at radius 2 is 1.59 bits per heavy atom. The number of hydrogen-bond donors (Lipinski definition) is 2. The van der Waals surface area contributed by atoms with Crippen LogP contribution in [0, 0.1) is 27.7 Å². The van der Waals surface area contributed by atoms with Gasteiger partial charge in [-0.1, -0.05) is 42.0 Å². The van der Waals surface area contributed by atoms with Crippen molar-refractivity contribution in [2.45, 2.75) is 67.0 Å². The molecule has 0 radical (unpaired) electrons. The lowest BCUT2D eigenvalue weighted by Gasteiger charge is -2.32. The molecule has 0 fully saturated rings. The Labute approximate surface area is 202 Å². The van der Waals surface area contributed by atoms with Crippen LogP contribution >= 0.6 is 0 Å². The molecular formula is C27H37N3O4. The second kappa shape index (κ2) is 11.2. The second-order valence-corrected chi connectivity index (χ2v) is 9.55. The van der Waals surface area contributed by atoms with Crippen LogP contribution in [-0.2, 0) is 14.3 Å². The molecule has 0 aliphatic heterocycles. The number of nitrogens with one attached hydrogen (secondary N) is 2. The van der Waals surface area contributed by atoms with Gasteiger partial charge < -0.3 is 20.3 Å². The molecule has 2 aromatic rings. The van der Waals surface area contributed by atoms with Gasteiger partial charge in [-0.05, 0) is 77.6 Å². The van der Waals surface area contributed by atoms with E-state index in [1.54, 1.807) is 20.8 Å². The Hall–Kier alpha value is -3.35. The minimum absolute atomic E-state index is 0.277. The molecule has 7 nitrogen and oxygen atoms in total. The van der Waals surface area contributed by atoms with E-state index in [9.17, 15) is 14.4 Å². The van der Waals surface area contributed by atoms with Crippen LogP contribution in [0.2, 0.25) is 0 Å². The summed E-state index contributed by atoms with van der Waals surface area (Å²) >= 11 is 0. The molecule has 34 heavy (non-hydrogen) atoms. The molecule has 2 aromatic carbocycles. The Morgan fingerprint density at radius 1 is 0.971 bits per heavy atom. The van der Waals surface area contributed by atoms with Crippen LogP contribution in [0.5, 0.6) is 0 Å². The number of para-hydroxylation sites is 1. The van der Waals surface area contributed by atoms with Gasteiger partial charge in [0.15, 0.2) is 0 Å². The van der Waals surface area contributed by atoms with Gasteiger partial charge in [0.05, 0.1) is 0 Å². The van der Waals surface area contributed by atoms with Crippen molar-refractivity contribution in [3.63, 3.8) is 0 Å². The molecule has 0 heterocycles. The molecule has 1 unspecified atom stereocenters. The van der Waals surface area contributed by atoms with Crippen LogP contribution in [0.15, 0.2) is 36.4 Å². The van der Waals surface area contributed by atoms with Gasteiger partial charge in [0.1, 0.15) is 18.2 Å². The third kappa shape index (κ3) is 7.07. The Bertz CT molecular complexity index is 1040. The van der Waals surface area contributed by atoms with E-state index in [4.69, 9.17) is 4.74 Å². The van der Waals surface area contributed by atoms with E-state index < -0.39 is 17.7 Å². The van der Waals surface area contributed by atoms with Crippen LogP contribution in [0.3, 0.4) is 0 Å². The first-order valence-electron chi connectivity index (χ1n) is 11.5. The number of hydrogen-bond acceptors (Lipinski definition) is 4. The highest BCUT2D eigenvalue weighted by Gasteiger charge is 2.32. The lowest BCUT2D eigenvalue weighted by Crippen LogP contribution is -2.46. The zero-order valence-corrected chi connectivity index (χ0v) is 21.5. The summed E-state index contributed by atoms with van der Waals surface area (Å²) in [6.45, 7) is 14.8. The number of amides is 3. The number of benzene rings is 2. The van der Waals surface area contributed by atoms with E-state index >= 15 is 0 Å². The summed E-state index contributed by atoms with van der Waals surface area (Å²) in [6, 6.07) is 10.8. The highest BCUT2D eigenvalue weighted by molar-refractivity contribution is 5.99. The number of carbonyl (C=O) groups excluding carboxylic acids is 3. The number of carbonyl (C=O) groups is 3. The average Bonchev–Trinajstić information content (AvgIpc) is 2.73. The summed E-state index contributed by atoms with van der Waals surface area (Å²) in [5.41, 5.74) is 4.57. The first-order valence-corrected chi connectivity index (χ1v) is 11.5. The van der Waals surface area contributed by atoms with Crippen molar-refractivity contribution in [2.24, 2.45) is 0 Å². The molecular weight excluding hydrogens is 430 g/mol. The Kier molecular flexibility index (Phi) is 8.85. The predicted molar refractivity (Wildman–Crippen MR) is 135 cm³/mol. The van der Waals surface area contributed by atoms with Crippen LogP contribution in [0.1, 0.15) is 61.6 Å². The van der Waals surface area contributed by atoms with Crippen LogP contribution in [0.25, 0.3) is 0 Å². The molecule has 0 aliphatic carbocycles. The molecule has 2 rings (SSSR count). The number of nitrogens with zero attached hydrogens (tertiary/aromatic N) is 1. The van der Waals surface area contributed by atoms with Crippen LogP contribution in [-0.4, -0.2) is 41.5 Å². The maximum atomic E-state index is 13.7. The normalized spacial score (nSPS) is 12.0. The number of anilines is 1. The summed E-state index contributed by atoms with van der Waals surface area (Å²) in [4.78, 5) is 40.5. The molecule has 0 saturated heterocycles. The van der Waals surface area contributed by atoms with Crippen LogP contribution < -0.4 is 10.6 Å². The molecule has 0 bridgehead atoms. The van der Waals surface area contributed by atoms with Gasteiger partial charge in [-0.25, -0.2) is 4.79 Å². The lowest BCUT2D eigenvalue weighted by atomic mass is 9.96. The zero-order valence-electron chi connectivity index (χ0n) is 21.5. The molecule has 7 heteroatoms. The van der Waals surface area contributed by atoms with Gasteiger partial charge in [0, 0.05) is 12.2 Å². The van der Waals surface area contributed by atoms with E-state index in [0.29, 0.717) is 0 Å². The van der Waals surface area contributed by atoms with Gasteiger partial charge >= 0.3 is 6.09 Å². The summed E-state index contributed by atoms with van der Waals surface area (Å²) in [5.74, 6) is -0.686. The molecule has 1 atom stereocenters. The van der Waals surface area contributed by atoms with E-state index in [0.717, 1.165) is 33.5 Å². The number of rotatable bonds is 7. The summed E-state index contributed by atoms with van der Waals surface area (Å²) in [5, 5.41) is 5.55. The molecule has 0 spiro atoms. The topological polar surface area (TPSA) is 87.7 Å². The lowest BCUT2D eigenvalue weighted by molar-refractivity contribution is -0.138. The first-order chi connectivity index (χ1) is 15.8. The minimum Gasteiger partial charge on any atom is -0.444 e. The second-order valence-electron chi connectivity index (χ2n) is 9.55. The highest BCUT2D eigenvalue weighted by atomic mass is 16.6. The maximum absolute atomic E-state index is 13.7.